The first-order chi connectivity index (χ1) is 9.63. The van der Waals surface area contributed by atoms with Gasteiger partial charge in [-0.1, -0.05) is 0 Å². The monoisotopic (exact) mass is 278 g/mol. The van der Waals surface area contributed by atoms with Gasteiger partial charge in [-0.15, -0.1) is 0 Å². The lowest BCUT2D eigenvalue weighted by molar-refractivity contribution is -0.123. The van der Waals surface area contributed by atoms with Crippen LogP contribution >= 0.6 is 0 Å². The van der Waals surface area contributed by atoms with Gasteiger partial charge in [-0.3, -0.25) is 4.79 Å². The zero-order valence-corrected chi connectivity index (χ0v) is 11.1. The highest BCUT2D eigenvalue weighted by atomic mass is 19.1. The third-order valence-corrected chi connectivity index (χ3v) is 2.51. The van der Waals surface area contributed by atoms with Crippen molar-refractivity contribution in [2.45, 2.75) is 13.3 Å². The van der Waals surface area contributed by atoms with Gasteiger partial charge in [0, 0.05) is 13.0 Å². The van der Waals surface area contributed by atoms with Gasteiger partial charge in [0.2, 0.25) is 0 Å². The topological polar surface area (TPSA) is 64.4 Å². The van der Waals surface area contributed by atoms with Gasteiger partial charge in [-0.25, -0.2) is 9.37 Å². The average Bonchev–Trinajstić information content (AvgIpc) is 2.84. The number of aromatic nitrogens is 1. The van der Waals surface area contributed by atoms with Crippen molar-refractivity contribution in [2.75, 3.05) is 13.2 Å². The van der Waals surface area contributed by atoms with Crippen LogP contribution in [0.3, 0.4) is 0 Å². The Labute approximate surface area is 115 Å². The van der Waals surface area contributed by atoms with E-state index >= 15 is 0 Å². The van der Waals surface area contributed by atoms with Crippen LogP contribution in [0.1, 0.15) is 11.7 Å². The van der Waals surface area contributed by atoms with Crippen LogP contribution in [0, 0.1) is 12.7 Å². The van der Waals surface area contributed by atoms with E-state index in [1.54, 1.807) is 6.20 Å². The van der Waals surface area contributed by atoms with Crippen LogP contribution in [-0.2, 0) is 11.2 Å². The molecule has 0 bridgehead atoms. The number of hydrogen-bond acceptors (Lipinski definition) is 4. The summed E-state index contributed by atoms with van der Waals surface area (Å²) >= 11 is 0. The molecule has 0 radical (unpaired) electrons. The average molecular weight is 278 g/mol. The number of nitrogens with zero attached hydrogens (tertiary/aromatic N) is 1. The van der Waals surface area contributed by atoms with Gasteiger partial charge in [0.15, 0.2) is 12.5 Å². The number of hydrogen-bond donors (Lipinski definition) is 1. The largest absolute Gasteiger partial charge is 0.484 e. The normalized spacial score (nSPS) is 10.3. The lowest BCUT2D eigenvalue weighted by Crippen LogP contribution is -2.30. The maximum Gasteiger partial charge on any atom is 0.257 e. The first kappa shape index (κ1) is 14.0. The molecule has 0 atom stereocenters. The predicted octanol–water partition coefficient (Wildman–Crippen LogP) is 1.86. The third-order valence-electron chi connectivity index (χ3n) is 2.51. The second-order valence-electron chi connectivity index (χ2n) is 4.21. The van der Waals surface area contributed by atoms with Crippen LogP contribution in [-0.4, -0.2) is 24.0 Å². The molecule has 1 aromatic carbocycles. The minimum absolute atomic E-state index is 0.115. The SMILES string of the molecule is Cc1cnc(CCNC(=O)COc2ccc(F)cc2)o1. The lowest BCUT2D eigenvalue weighted by Gasteiger charge is -2.06. The molecule has 1 heterocycles. The molecule has 20 heavy (non-hydrogen) atoms. The molecule has 1 aromatic heterocycles. The molecular weight excluding hydrogens is 263 g/mol. The van der Waals surface area contributed by atoms with E-state index in [4.69, 9.17) is 9.15 Å². The number of carbonyl (C=O) groups is 1. The maximum atomic E-state index is 12.7. The molecule has 0 unspecified atom stereocenters. The number of aryl methyl sites for hydroxylation is 1. The first-order valence-electron chi connectivity index (χ1n) is 6.20. The standard InChI is InChI=1S/C14H15FN2O3/c1-10-8-17-14(20-10)6-7-16-13(18)9-19-12-4-2-11(15)3-5-12/h2-5,8H,6-7,9H2,1H3,(H,16,18). The Morgan fingerprint density at radius 3 is 2.80 bits per heavy atom. The van der Waals surface area contributed by atoms with Crippen molar-refractivity contribution >= 4 is 5.91 Å². The van der Waals surface area contributed by atoms with Gasteiger partial charge in [0.1, 0.15) is 17.3 Å². The molecule has 106 valence electrons. The van der Waals surface area contributed by atoms with Crippen LogP contribution < -0.4 is 10.1 Å². The number of halogens is 1. The number of amides is 1. The summed E-state index contributed by atoms with van der Waals surface area (Å²) in [5, 5.41) is 2.68. The second kappa shape index (κ2) is 6.70. The summed E-state index contributed by atoms with van der Waals surface area (Å²) in [6.45, 7) is 2.12. The fraction of sp³-hybridized carbons (Fsp3) is 0.286. The van der Waals surface area contributed by atoms with E-state index in [2.05, 4.69) is 10.3 Å². The number of oxazole rings is 1. The van der Waals surface area contributed by atoms with Crippen molar-refractivity contribution in [1.29, 1.82) is 0 Å². The number of ether oxygens (including phenoxy) is 1. The van der Waals surface area contributed by atoms with Crippen LogP contribution in [0.15, 0.2) is 34.9 Å². The molecule has 0 spiro atoms. The molecule has 0 fully saturated rings. The van der Waals surface area contributed by atoms with Crippen molar-refractivity contribution in [1.82, 2.24) is 10.3 Å². The Morgan fingerprint density at radius 2 is 2.15 bits per heavy atom. The fourth-order valence-electron chi connectivity index (χ4n) is 1.56. The molecule has 0 aliphatic heterocycles. The van der Waals surface area contributed by atoms with Crippen LogP contribution in [0.25, 0.3) is 0 Å². The second-order valence-corrected chi connectivity index (χ2v) is 4.21. The summed E-state index contributed by atoms with van der Waals surface area (Å²) in [6.07, 6.45) is 2.16. The zero-order valence-electron chi connectivity index (χ0n) is 11.1. The molecule has 0 saturated carbocycles. The molecule has 1 amide bonds. The lowest BCUT2D eigenvalue weighted by atomic mass is 10.3. The summed E-state index contributed by atoms with van der Waals surface area (Å²) in [7, 11) is 0. The molecule has 1 N–H and O–H groups in total. The Balaban J connectivity index is 1.66. The Hall–Kier alpha value is -2.37. The van der Waals surface area contributed by atoms with Crippen LogP contribution in [0.5, 0.6) is 5.75 Å². The van der Waals surface area contributed by atoms with E-state index in [0.29, 0.717) is 24.6 Å². The van der Waals surface area contributed by atoms with E-state index in [1.807, 2.05) is 6.92 Å². The van der Waals surface area contributed by atoms with Gasteiger partial charge in [0.05, 0.1) is 6.20 Å². The fourth-order valence-corrected chi connectivity index (χ4v) is 1.56. The summed E-state index contributed by atoms with van der Waals surface area (Å²) in [4.78, 5) is 15.5. The molecule has 2 aromatic rings. The Bertz CT molecular complexity index is 566. The number of nitrogens with one attached hydrogen (secondary N) is 1. The molecule has 0 aliphatic rings. The van der Waals surface area contributed by atoms with E-state index in [9.17, 15) is 9.18 Å². The van der Waals surface area contributed by atoms with E-state index in [0.717, 1.165) is 5.76 Å². The highest BCUT2D eigenvalue weighted by Gasteiger charge is 2.04. The zero-order chi connectivity index (χ0) is 14.4. The number of benzene rings is 1. The van der Waals surface area contributed by atoms with Crippen molar-refractivity contribution in [3.8, 4) is 5.75 Å². The van der Waals surface area contributed by atoms with Crippen molar-refractivity contribution in [2.24, 2.45) is 0 Å². The van der Waals surface area contributed by atoms with E-state index in [1.165, 1.54) is 24.3 Å². The maximum absolute atomic E-state index is 12.7. The van der Waals surface area contributed by atoms with Gasteiger partial charge in [0.25, 0.3) is 5.91 Å². The summed E-state index contributed by atoms with van der Waals surface area (Å²) in [5.41, 5.74) is 0. The van der Waals surface area contributed by atoms with E-state index < -0.39 is 0 Å². The summed E-state index contributed by atoms with van der Waals surface area (Å²) in [5.74, 6) is 1.18. The van der Waals surface area contributed by atoms with Crippen molar-refractivity contribution < 1.29 is 18.3 Å². The number of carbonyl (C=O) groups excluding carboxylic acids is 1. The third kappa shape index (κ3) is 4.38. The van der Waals surface area contributed by atoms with E-state index in [-0.39, 0.29) is 18.3 Å². The molecular formula is C14H15FN2O3. The predicted molar refractivity (Wildman–Crippen MR) is 69.8 cm³/mol. The highest BCUT2D eigenvalue weighted by Crippen LogP contribution is 2.10. The minimum Gasteiger partial charge on any atom is -0.484 e. The Morgan fingerprint density at radius 1 is 1.40 bits per heavy atom. The van der Waals surface area contributed by atoms with Gasteiger partial charge >= 0.3 is 0 Å². The number of rotatable bonds is 6. The van der Waals surface area contributed by atoms with Crippen LogP contribution in [0.2, 0.25) is 0 Å². The van der Waals surface area contributed by atoms with Gasteiger partial charge in [-0.2, -0.15) is 0 Å². The summed E-state index contributed by atoms with van der Waals surface area (Å²) < 4.78 is 23.2. The molecule has 5 nitrogen and oxygen atoms in total. The smallest absolute Gasteiger partial charge is 0.257 e. The highest BCUT2D eigenvalue weighted by molar-refractivity contribution is 5.77. The van der Waals surface area contributed by atoms with Gasteiger partial charge < -0.3 is 14.5 Å². The molecule has 2 rings (SSSR count). The Kier molecular flexibility index (Phi) is 4.70. The minimum atomic E-state index is -0.344. The molecule has 6 heteroatoms. The van der Waals surface area contributed by atoms with Crippen molar-refractivity contribution in [3.05, 3.63) is 47.9 Å². The quantitative estimate of drug-likeness (QED) is 0.876. The molecule has 0 aliphatic carbocycles. The van der Waals surface area contributed by atoms with Crippen LogP contribution in [0.4, 0.5) is 4.39 Å². The molecule has 0 saturated heterocycles. The summed E-state index contributed by atoms with van der Waals surface area (Å²) in [6, 6.07) is 5.49. The first-order valence-corrected chi connectivity index (χ1v) is 6.20. The van der Waals surface area contributed by atoms with Crippen molar-refractivity contribution in [3.63, 3.8) is 0 Å². The van der Waals surface area contributed by atoms with Gasteiger partial charge in [-0.05, 0) is 31.2 Å².